The summed E-state index contributed by atoms with van der Waals surface area (Å²) in [5.74, 6) is -37.4. The van der Waals surface area contributed by atoms with Crippen molar-refractivity contribution in [3.63, 3.8) is 0 Å². The number of carbonyl (C=O) groups is 10. The first kappa shape index (κ1) is 65.9. The second-order valence-electron chi connectivity index (χ2n) is 41.3. The smallest absolute Gasteiger partial charge is 0.308 e. The zero-order valence-electron chi connectivity index (χ0n) is 134. The summed E-state index contributed by atoms with van der Waals surface area (Å²) in [6.45, 7) is -6.51. The van der Waals surface area contributed by atoms with Crippen LogP contribution in [0.4, 0.5) is 0 Å². The lowest BCUT2D eigenvalue weighted by Gasteiger charge is -2.43. The molecule has 10 aliphatic carbocycles. The largest absolute Gasteiger partial charge is 0.462 e. The highest BCUT2D eigenvalue weighted by molar-refractivity contribution is 5.76. The van der Waals surface area contributed by atoms with E-state index in [4.69, 9.17) is 104 Å². The Morgan fingerprint density at radius 3 is 1.14 bits per heavy atom. The van der Waals surface area contributed by atoms with Crippen molar-refractivity contribution < 1.29 is 187 Å². The van der Waals surface area contributed by atoms with Gasteiger partial charge in [-0.25, -0.2) is 0 Å². The van der Waals surface area contributed by atoms with Crippen molar-refractivity contribution in [2.75, 3.05) is 0 Å². The quantitative estimate of drug-likeness (QED) is 0.0318. The van der Waals surface area contributed by atoms with Crippen molar-refractivity contribution in [1.82, 2.24) is 0 Å². The van der Waals surface area contributed by atoms with E-state index < -0.39 is 291 Å². The molecule has 0 bridgehead atoms. The van der Waals surface area contributed by atoms with Gasteiger partial charge in [0.05, 0.1) is 96.2 Å². The van der Waals surface area contributed by atoms with Crippen molar-refractivity contribution in [2.24, 2.45) is 148 Å². The number of hydrogen-bond donors (Lipinski definition) is 5. The van der Waals surface area contributed by atoms with Gasteiger partial charge >= 0.3 is 59.7 Å². The molecule has 25 nitrogen and oxygen atoms in total. The van der Waals surface area contributed by atoms with E-state index in [1.54, 1.807) is 13.8 Å². The molecule has 5 N–H and O–H groups in total. The van der Waals surface area contributed by atoms with Crippen LogP contribution in [0.25, 0.3) is 0 Å². The highest BCUT2D eigenvalue weighted by Crippen LogP contribution is 2.53. The molecule has 5 saturated heterocycles. The lowest BCUT2D eigenvalue weighted by Crippen LogP contribution is -2.42. The van der Waals surface area contributed by atoms with Crippen LogP contribution in [-0.2, 0) is 95.3 Å². The standard InChI is InChI=1S/5C24H36O5/c5*1-5-15(3)24(27)29-21-11-14(2)10-17-7-6-16(4)20(23(17)21)9-8-19-12-18(25)13-22(26)28-19/h5*6-7,10,14-16,18-21,23,25H,5,8-9,11-13H2,1-4H3/t14-,15-,16-,18+,19?,20-,21?,23-;4*14-,15-,16-,18+,19?,20-,21-,23-/m00000/s1/i1D3,2D3,3D3,4D3,5D2,6D,7D,8D2,9D2,10D,11D2,12D2,13D2,14D,15D,16D,23D,25D;1D3,3D3,5D2;1D3,5D2;15D;3D3. The molecule has 25 heteroatoms. The molecule has 15 rings (SSSR count). The Labute approximate surface area is 934 Å². The summed E-state index contributed by atoms with van der Waals surface area (Å²) >= 11 is 0. The maximum Gasteiger partial charge on any atom is 0.308 e. The van der Waals surface area contributed by atoms with Crippen LogP contribution < -0.4 is 0 Å². The fourth-order valence-corrected chi connectivity index (χ4v) is 22.4. The minimum atomic E-state index is -4.86. The first-order valence-corrected chi connectivity index (χ1v) is 51.0. The Morgan fingerprint density at radius 2 is 0.786 bits per heavy atom. The minimum absolute atomic E-state index is 0.0113. The maximum atomic E-state index is 14.1. The number of rotatable bonds is 31. The molecule has 145 heavy (non-hydrogen) atoms. The van der Waals surface area contributed by atoms with E-state index in [1.165, 1.54) is 12.5 Å². The molecular formula is C120H180O25. The van der Waals surface area contributed by atoms with E-state index in [1.807, 2.05) is 39.8 Å². The van der Waals surface area contributed by atoms with E-state index in [9.17, 15) is 73.9 Å². The van der Waals surface area contributed by atoms with Crippen LogP contribution in [0.5, 0.6) is 0 Å². The Morgan fingerprint density at radius 1 is 0.421 bits per heavy atom. The van der Waals surface area contributed by atoms with E-state index in [-0.39, 0.29) is 157 Å². The van der Waals surface area contributed by atoms with Gasteiger partial charge in [-0.2, -0.15) is 0 Å². The molecule has 0 amide bonds. The number of aliphatic hydroxyl groups excluding tert-OH is 5. The molecule has 5 fully saturated rings. The van der Waals surface area contributed by atoms with Gasteiger partial charge in [-0.05, 0) is 245 Å². The summed E-state index contributed by atoms with van der Waals surface area (Å²) in [5, 5.41) is 43.7. The molecule has 6 unspecified atom stereocenters. The number of esters is 10. The summed E-state index contributed by atoms with van der Waals surface area (Å²) in [4.78, 5) is 125. The van der Waals surface area contributed by atoms with Gasteiger partial charge in [0.1, 0.15) is 61.0 Å². The molecule has 5 aliphatic heterocycles. The fraction of sp³-hybridized carbons (Fsp3) is 0.750. The summed E-state index contributed by atoms with van der Waals surface area (Å²) in [6.07, 6.45) is -13.5. The molecule has 0 aromatic rings. The zero-order chi connectivity index (χ0) is 148. The molecule has 0 aromatic carbocycles. The van der Waals surface area contributed by atoms with Crippen molar-refractivity contribution >= 4 is 59.7 Å². The molecule has 810 valence electrons. The number of carbonyl (C=O) groups excluding carboxylic acids is 10. The number of fused-ring (bicyclic) bond motifs is 5. The number of hydrogen-bond acceptors (Lipinski definition) is 25. The lowest BCUT2D eigenvalue weighted by atomic mass is 9.65. The predicted molar refractivity (Wildman–Crippen MR) is 554 cm³/mol. The van der Waals surface area contributed by atoms with Gasteiger partial charge in [-0.3, -0.25) is 47.9 Å². The highest BCUT2D eigenvalue weighted by Gasteiger charge is 2.50. The third-order valence-corrected chi connectivity index (χ3v) is 29.9. The van der Waals surface area contributed by atoms with E-state index in [0.717, 1.165) is 36.0 Å². The zero-order valence-corrected chi connectivity index (χ0v) is 84.6. The van der Waals surface area contributed by atoms with Crippen molar-refractivity contribution in [3.8, 4) is 0 Å². The van der Waals surface area contributed by atoms with Crippen LogP contribution in [-0.4, -0.2) is 178 Å². The first-order chi connectivity index (χ1) is 88.1. The minimum Gasteiger partial charge on any atom is -0.462 e. The van der Waals surface area contributed by atoms with Gasteiger partial charge in [-0.1, -0.05) is 229 Å². The van der Waals surface area contributed by atoms with E-state index in [2.05, 4.69) is 105 Å². The average Bonchev–Trinajstić information content (AvgIpc) is 0.646. The van der Waals surface area contributed by atoms with Gasteiger partial charge < -0.3 is 72.9 Å². The van der Waals surface area contributed by atoms with Gasteiger partial charge in [0.25, 0.3) is 0 Å². The molecular weight excluding hydrogens is 1840 g/mol. The molecule has 0 aromatic heterocycles. The Kier molecular flexibility index (Phi) is 25.0. The van der Waals surface area contributed by atoms with Crippen molar-refractivity contribution in [2.45, 2.75) is 422 Å². The normalized spacial score (nSPS) is 47.3. The van der Waals surface area contributed by atoms with Crippen LogP contribution in [0.1, 0.15) is 396 Å². The van der Waals surface area contributed by atoms with Crippen LogP contribution in [0.15, 0.2) is 119 Å². The number of cyclic esters (lactones) is 5. The Hall–Kier alpha value is -8.10. The highest BCUT2D eigenvalue weighted by atomic mass is 16.6. The number of aliphatic hydroxyl groups is 5. The number of ether oxygens (including phenoxy) is 10. The molecule has 0 saturated carbocycles. The monoisotopic (exact) mass is 2070 g/mol. The van der Waals surface area contributed by atoms with Crippen molar-refractivity contribution in [1.29, 1.82) is 1.43 Å². The average molecular weight is 2070 g/mol. The predicted octanol–water partition coefficient (Wildman–Crippen LogP) is 21.0. The fourth-order valence-electron chi connectivity index (χ4n) is 22.4. The molecule has 0 spiro atoms. The van der Waals surface area contributed by atoms with Crippen molar-refractivity contribution in [3.05, 3.63) is 119 Å². The second-order valence-corrected chi connectivity index (χ2v) is 41.3. The lowest BCUT2D eigenvalue weighted by molar-refractivity contribution is -0.162. The Balaban J connectivity index is 0.000000230. The van der Waals surface area contributed by atoms with Crippen LogP contribution in [0, 0.1) is 148 Å². The van der Waals surface area contributed by atoms with Gasteiger partial charge in [0.2, 0.25) is 1.43 Å². The van der Waals surface area contributed by atoms with Gasteiger partial charge in [-0.15, -0.1) is 0 Å². The van der Waals surface area contributed by atoms with Crippen LogP contribution >= 0.6 is 0 Å². The summed E-state index contributed by atoms with van der Waals surface area (Å²) in [7, 11) is 0. The van der Waals surface area contributed by atoms with E-state index >= 15 is 0 Å². The molecule has 0 radical (unpaired) electrons. The summed E-state index contributed by atoms with van der Waals surface area (Å²) in [6, 6.07) is -6.23. The van der Waals surface area contributed by atoms with Gasteiger partial charge in [0.15, 0.2) is 0 Å². The Bertz CT molecular complexity index is 6920. The molecule has 5 heterocycles. The summed E-state index contributed by atoms with van der Waals surface area (Å²) < 4.78 is 454. The van der Waals surface area contributed by atoms with Crippen LogP contribution in [0.3, 0.4) is 0 Å². The first-order valence-electron chi connectivity index (χ1n) is 75.4. The molecule has 40 atom stereocenters. The third kappa shape index (κ3) is 33.0. The van der Waals surface area contributed by atoms with E-state index in [0.29, 0.717) is 102 Å². The SMILES string of the molecule is [2H]C([2H])([2H])C([2H])([2H])[C@H](C)C(=O)O[C@H]1C[C@@H](C)C=C2C=C[C@H](C)[C@H](CCC3C[C@@H](O)CC(=O)O3)[C@H]21.[2H]C([2H])([2H])[C@@H](CC)C(=O)O[C@H]1C[C@@H](C)C=C2C=C[C@H](C)[C@H](CCC3C[C@@H](O)CC(=O)O3)[C@H]21.[2H]C([2H])([2H])[C@H](C(=O)O[C@H]1C[C@@H](C)C=C2C=C[C@H](C)[C@H](CCC3C[C@@H](O)CC(=O)O3)[C@H]21)C([2H])([2H])C([2H])([2H])[2H].[2H]O[C@H]1C([2H])([2H])C(=O)OC(C([2H])([2H])C([2H])([2H])[C@H]2[C@@]([2H])(C([2H])([2H])[2H])C([2H])=C([2H])C3=C([2H])[C@]([2H])(C([2H])([2H])[2H])C([2H])([2H])C(OC(=O)[C@@]([2H])(C([2H])([2H])[2H])C([2H])([2H])C([2H])([2H])[2H])[C@@]32[2H])C1([2H])[2H].[2H][C@](C)(CC)C(=O)O[C@H]1C[C@@H](C)C=C2C=C[C@H](C)[C@H](CCC3C[C@@H](O)CC(=O)O3)[C@H]21. The molecule has 15 aliphatic rings. The summed E-state index contributed by atoms with van der Waals surface area (Å²) in [5.41, 5.74) is 2.31. The number of allylic oxidation sites excluding steroid dienone is 15. The second kappa shape index (κ2) is 55.1. The topological polar surface area (TPSA) is 364 Å². The third-order valence-electron chi connectivity index (χ3n) is 29.9. The van der Waals surface area contributed by atoms with Crippen LogP contribution in [0.2, 0.25) is 0 Å². The van der Waals surface area contributed by atoms with Gasteiger partial charge in [0, 0.05) is 123 Å². The maximum absolute atomic E-state index is 14.1.